The second kappa shape index (κ2) is 18.5. The molecule has 2 aliphatic heterocycles. The largest absolute Gasteiger partial charge is 0.490 e. The van der Waals surface area contributed by atoms with Gasteiger partial charge >= 0.3 is 46.9 Å². The molecule has 6 heterocycles. The quantitative estimate of drug-likeness (QED) is 0.0673. The topological polar surface area (TPSA) is 498 Å². The highest BCUT2D eigenvalue weighted by molar-refractivity contribution is 7.67. The van der Waals surface area contributed by atoms with Crippen molar-refractivity contribution in [2.75, 3.05) is 24.7 Å². The highest BCUT2D eigenvalue weighted by Gasteiger charge is 2.46. The number of rotatable bonds is 16. The Bertz CT molecular complexity index is 2520. The van der Waals surface area contributed by atoms with Gasteiger partial charge in [0.2, 0.25) is 0 Å². The number of aliphatic hydroxyl groups is 1. The molecular formula is C22H36N10O23P6. The van der Waals surface area contributed by atoms with Crippen LogP contribution in [-0.4, -0.2) is 115 Å². The molecule has 0 radical (unpaired) electrons. The maximum Gasteiger partial charge on any atom is 0.490 e. The maximum absolute atomic E-state index is 11.9. The Balaban J connectivity index is 0.000000231. The van der Waals surface area contributed by atoms with Gasteiger partial charge in [-0.15, -0.1) is 0 Å². The van der Waals surface area contributed by atoms with Crippen LogP contribution in [0.1, 0.15) is 32.7 Å². The Hall–Kier alpha value is -2.60. The standard InChI is InChI=1S/C11H18N5O12P3.C11H18N5O11P3/c1-5-6(2-25-30(21,22)28-31(23,24)27-29(18,19)20)26-11(8(5)17)16-4-15-7-9(12)13-3-14-10(7)16;1-6-2-8(16-5-15-9-10(12)13-4-14-11(9)16)25-7(6)3-24-29(20,21)27-30(22,23)26-28(17,18)19/h3-6,8,11,17H,2H2,1H3,(H,21,22)(H,23,24)(H2,12,13,14)(H2,18,19,20);4-8H,2-3H2,1H3,(H,20,21)(H,22,23)(H2,12,13,14)(H2,17,18,19)/t5-,6-,8-,11-;6-,7+,8+/m10/s1. The molecule has 33 nitrogen and oxygen atoms in total. The summed E-state index contributed by atoms with van der Waals surface area (Å²) in [4.78, 5) is 95.5. The van der Waals surface area contributed by atoms with E-state index in [-0.39, 0.29) is 28.7 Å². The van der Waals surface area contributed by atoms with Gasteiger partial charge in [0.05, 0.1) is 38.1 Å². The lowest BCUT2D eigenvalue weighted by Crippen LogP contribution is -2.26. The van der Waals surface area contributed by atoms with Gasteiger partial charge in [0, 0.05) is 5.92 Å². The summed E-state index contributed by atoms with van der Waals surface area (Å²) < 4.78 is 106. The molecule has 342 valence electrons. The highest BCUT2D eigenvalue weighted by Crippen LogP contribution is 2.67. The molecule has 0 amide bonds. The number of nitrogen functional groups attached to an aromatic ring is 2. The van der Waals surface area contributed by atoms with Crippen LogP contribution in [0.4, 0.5) is 11.6 Å². The van der Waals surface area contributed by atoms with Crippen molar-refractivity contribution in [2.45, 2.75) is 51.0 Å². The van der Waals surface area contributed by atoms with Crippen molar-refractivity contribution in [3.8, 4) is 0 Å². The fourth-order valence-electron chi connectivity index (χ4n) is 5.61. The molecule has 13 N–H and O–H groups in total. The Morgan fingerprint density at radius 1 is 0.639 bits per heavy atom. The van der Waals surface area contributed by atoms with E-state index in [1.54, 1.807) is 11.5 Å². The third kappa shape index (κ3) is 13.2. The van der Waals surface area contributed by atoms with Crippen molar-refractivity contribution < 1.29 is 107 Å². The van der Waals surface area contributed by atoms with Crippen molar-refractivity contribution >= 4 is 80.9 Å². The minimum absolute atomic E-state index is 0.105. The molecule has 4 unspecified atom stereocenters. The number of anilines is 2. The predicted molar refractivity (Wildman–Crippen MR) is 196 cm³/mol. The van der Waals surface area contributed by atoms with E-state index in [1.165, 1.54) is 36.8 Å². The molecule has 0 bridgehead atoms. The summed E-state index contributed by atoms with van der Waals surface area (Å²) in [6.45, 7) is 2.07. The fourth-order valence-corrected chi connectivity index (χ4v) is 11.7. The minimum Gasteiger partial charge on any atom is -0.388 e. The van der Waals surface area contributed by atoms with Gasteiger partial charge in [0.25, 0.3) is 0 Å². The lowest BCUT2D eigenvalue weighted by molar-refractivity contribution is -0.0485. The van der Waals surface area contributed by atoms with Crippen molar-refractivity contribution in [3.05, 3.63) is 25.3 Å². The smallest absolute Gasteiger partial charge is 0.388 e. The number of phosphoric acid groups is 6. The van der Waals surface area contributed by atoms with Crippen LogP contribution in [0.25, 0.3) is 22.3 Å². The first-order valence-electron chi connectivity index (χ1n) is 16.4. The molecular weight excluding hydrogens is 958 g/mol. The van der Waals surface area contributed by atoms with Gasteiger partial charge in [-0.25, -0.2) is 57.3 Å². The number of ether oxygens (including phenoxy) is 2. The molecule has 39 heteroatoms. The van der Waals surface area contributed by atoms with Gasteiger partial charge in [-0.05, 0) is 12.3 Å². The van der Waals surface area contributed by atoms with Crippen LogP contribution in [0.15, 0.2) is 25.3 Å². The van der Waals surface area contributed by atoms with Crippen molar-refractivity contribution in [1.82, 2.24) is 39.0 Å². The van der Waals surface area contributed by atoms with Crippen LogP contribution < -0.4 is 11.5 Å². The summed E-state index contributed by atoms with van der Waals surface area (Å²) >= 11 is 0. The molecule has 0 spiro atoms. The number of imidazole rings is 2. The maximum atomic E-state index is 11.9. The normalized spacial score (nSPS) is 27.5. The number of fused-ring (bicyclic) bond motifs is 2. The molecule has 2 saturated heterocycles. The SMILES string of the molecule is C[C@H]1C[C@H](n2cnc3c(N)ncnc32)O[C@@H]1COP(=O)(O)OP(=O)(O)OP(=O)(O)O.C[C@H]1[C@@H](O)[C@H](n2cnc3c(N)ncnc32)O[C@@H]1COP(=O)(O)OP(=O)(O)OP(=O)(O)O. The first kappa shape index (κ1) is 49.4. The second-order valence-corrected chi connectivity index (χ2v) is 21.5. The van der Waals surface area contributed by atoms with Gasteiger partial charge < -0.3 is 65.2 Å². The molecule has 4 aromatic rings. The van der Waals surface area contributed by atoms with E-state index in [4.69, 9.17) is 50.3 Å². The van der Waals surface area contributed by atoms with Crippen molar-refractivity contribution in [1.29, 1.82) is 0 Å². The first-order chi connectivity index (χ1) is 28.0. The van der Waals surface area contributed by atoms with Gasteiger partial charge in [-0.2, -0.15) is 17.2 Å². The van der Waals surface area contributed by atoms with Crippen molar-refractivity contribution in [3.63, 3.8) is 0 Å². The van der Waals surface area contributed by atoms with Gasteiger partial charge in [-0.1, -0.05) is 13.8 Å². The van der Waals surface area contributed by atoms with Crippen LogP contribution >= 0.6 is 46.9 Å². The summed E-state index contributed by atoms with van der Waals surface area (Å²) in [7, 11) is -32.7. The lowest BCUT2D eigenvalue weighted by Gasteiger charge is -2.19. The van der Waals surface area contributed by atoms with Crippen LogP contribution in [0, 0.1) is 11.8 Å². The van der Waals surface area contributed by atoms with E-state index in [1.807, 2.05) is 0 Å². The molecule has 0 aromatic carbocycles. The monoisotopic (exact) mass is 994 g/mol. The van der Waals surface area contributed by atoms with Gasteiger partial charge in [0.1, 0.15) is 36.0 Å². The number of nitrogens with zero attached hydrogens (tertiary/aromatic N) is 8. The van der Waals surface area contributed by atoms with E-state index in [0.29, 0.717) is 17.6 Å². The zero-order valence-electron chi connectivity index (χ0n) is 30.6. The van der Waals surface area contributed by atoms with Crippen molar-refractivity contribution in [2.24, 2.45) is 11.8 Å². The number of aliphatic hydroxyl groups excluding tert-OH is 1. The number of hydrogen-bond acceptors (Lipinski definition) is 23. The van der Waals surface area contributed by atoms with E-state index < -0.39 is 96.8 Å². The summed E-state index contributed by atoms with van der Waals surface area (Å²) in [5.74, 6) is -0.574. The van der Waals surface area contributed by atoms with Gasteiger partial charge in [0.15, 0.2) is 29.2 Å². The first-order valence-corrected chi connectivity index (χ1v) is 25.4. The summed E-state index contributed by atoms with van der Waals surface area (Å²) in [5.41, 5.74) is 12.8. The Morgan fingerprint density at radius 3 is 1.56 bits per heavy atom. The van der Waals surface area contributed by atoms with Crippen LogP contribution in [0.5, 0.6) is 0 Å². The summed E-state index contributed by atoms with van der Waals surface area (Å²) in [6.07, 6.45) is 1.16. The number of hydrogen-bond donors (Lipinski definition) is 11. The van der Waals surface area contributed by atoms with Gasteiger partial charge in [-0.3, -0.25) is 18.2 Å². The van der Waals surface area contributed by atoms with Crippen LogP contribution in [0.2, 0.25) is 0 Å². The average molecular weight is 994 g/mol. The molecule has 0 saturated carbocycles. The summed E-state index contributed by atoms with van der Waals surface area (Å²) in [5, 5.41) is 10.5. The molecule has 6 rings (SSSR count). The number of aromatic nitrogens is 8. The predicted octanol–water partition coefficient (Wildman–Crippen LogP) is 0.322. The summed E-state index contributed by atoms with van der Waals surface area (Å²) in [6, 6.07) is 0. The molecule has 4 aromatic heterocycles. The van der Waals surface area contributed by atoms with E-state index in [0.717, 1.165) is 0 Å². The second-order valence-electron chi connectivity index (χ2n) is 12.7. The molecule has 2 aliphatic rings. The number of nitrogens with two attached hydrogens (primary N) is 2. The highest BCUT2D eigenvalue weighted by atomic mass is 31.3. The zero-order chi connectivity index (χ0) is 45.5. The number of phosphoric ester groups is 2. The van der Waals surface area contributed by atoms with Crippen LogP contribution in [-0.2, 0) is 63.2 Å². The fraction of sp³-hybridized carbons (Fsp3) is 0.545. The van der Waals surface area contributed by atoms with E-state index >= 15 is 0 Å². The third-order valence-electron chi connectivity index (χ3n) is 8.27. The molecule has 0 aliphatic carbocycles. The minimum atomic E-state index is -5.64. The van der Waals surface area contributed by atoms with E-state index in [2.05, 4.69) is 56.2 Å². The Labute approximate surface area is 339 Å². The molecule has 2 fully saturated rings. The lowest BCUT2D eigenvalue weighted by atomic mass is 10.0. The third-order valence-corrected chi connectivity index (χ3v) is 15.9. The average Bonchev–Trinajstić information content (AvgIpc) is 3.86. The Morgan fingerprint density at radius 2 is 1.08 bits per heavy atom. The Kier molecular flexibility index (Phi) is 15.0. The van der Waals surface area contributed by atoms with Crippen LogP contribution in [0.3, 0.4) is 0 Å². The zero-order valence-corrected chi connectivity index (χ0v) is 36.0. The molecule has 61 heavy (non-hydrogen) atoms. The molecule has 11 atom stereocenters. The van der Waals surface area contributed by atoms with E-state index in [9.17, 15) is 42.3 Å².